The van der Waals surface area contributed by atoms with Crippen LogP contribution in [-0.2, 0) is 0 Å². The Balaban J connectivity index is 1.39. The zero-order valence-corrected chi connectivity index (χ0v) is 23.6. The third-order valence-corrected chi connectivity index (χ3v) is 8.29. The lowest BCUT2D eigenvalue weighted by atomic mass is 9.93. The van der Waals surface area contributed by atoms with E-state index >= 15 is 0 Å². The second-order valence-electron chi connectivity index (χ2n) is 10.9. The summed E-state index contributed by atoms with van der Waals surface area (Å²) in [6, 6.07) is 51.7. The van der Waals surface area contributed by atoms with E-state index in [4.69, 9.17) is 13.9 Å². The summed E-state index contributed by atoms with van der Waals surface area (Å²) in [5.41, 5.74) is 6.59. The summed E-state index contributed by atoms with van der Waals surface area (Å²) in [7, 11) is 0. The minimum absolute atomic E-state index is 0.662. The molecule has 2 heterocycles. The lowest BCUT2D eigenvalue weighted by Crippen LogP contribution is -2.14. The number of ether oxygens (including phenoxy) is 2. The third-order valence-electron chi connectivity index (χ3n) is 8.29. The van der Waals surface area contributed by atoms with Crippen LogP contribution in [0.1, 0.15) is 0 Å². The fourth-order valence-electron chi connectivity index (χ4n) is 6.36. The summed E-state index contributed by atoms with van der Waals surface area (Å²) in [5.74, 6) is 2.72. The van der Waals surface area contributed by atoms with E-state index in [1.807, 2.05) is 54.6 Å². The van der Waals surface area contributed by atoms with Gasteiger partial charge in [0.1, 0.15) is 16.9 Å². The van der Waals surface area contributed by atoms with Gasteiger partial charge in [-0.25, -0.2) is 0 Å². The van der Waals surface area contributed by atoms with Crippen LogP contribution in [-0.4, -0.2) is 0 Å². The van der Waals surface area contributed by atoms with Crippen molar-refractivity contribution in [2.45, 2.75) is 0 Å². The molecule has 0 atom stereocenters. The maximum Gasteiger partial charge on any atom is 0.195 e. The molecule has 0 fully saturated rings. The van der Waals surface area contributed by atoms with Gasteiger partial charge in [-0.05, 0) is 53.4 Å². The van der Waals surface area contributed by atoms with Crippen LogP contribution < -0.4 is 14.4 Å². The maximum absolute atomic E-state index is 6.85. The summed E-state index contributed by atoms with van der Waals surface area (Å²) in [6.45, 7) is 0. The van der Waals surface area contributed by atoms with E-state index in [9.17, 15) is 0 Å². The van der Waals surface area contributed by atoms with Gasteiger partial charge in [-0.15, -0.1) is 0 Å². The van der Waals surface area contributed by atoms with E-state index in [0.717, 1.165) is 60.9 Å². The molecule has 44 heavy (non-hydrogen) atoms. The van der Waals surface area contributed by atoms with E-state index in [0.29, 0.717) is 23.0 Å². The SMILES string of the molecule is c1ccc(-c2c3c(c(N(c4ccccc4)c4ccc5c(c4)oc4ccccc45)c4ccccc24)Oc2ccccc2O3)cc1. The van der Waals surface area contributed by atoms with Gasteiger partial charge in [-0.2, -0.15) is 0 Å². The molecule has 0 aliphatic carbocycles. The first-order valence-electron chi connectivity index (χ1n) is 14.7. The molecule has 0 spiro atoms. The lowest BCUT2D eigenvalue weighted by Gasteiger charge is -2.33. The molecule has 1 aliphatic rings. The standard InChI is InChI=1S/C40H25NO3/c1-3-13-26(14-4-1)37-31-18-7-8-19-32(31)38(40-39(37)43-34-21-11-12-22-35(34)44-40)41(27-15-5-2-6-16-27)28-23-24-30-29-17-9-10-20-33(29)42-36(30)25-28/h1-25H. The molecule has 4 nitrogen and oxygen atoms in total. The fraction of sp³-hybridized carbons (Fsp3) is 0. The Morgan fingerprint density at radius 3 is 1.77 bits per heavy atom. The van der Waals surface area contributed by atoms with Crippen LogP contribution in [0.3, 0.4) is 0 Å². The van der Waals surface area contributed by atoms with Crippen molar-refractivity contribution in [3.63, 3.8) is 0 Å². The minimum atomic E-state index is 0.662. The highest BCUT2D eigenvalue weighted by Crippen LogP contribution is 2.59. The van der Waals surface area contributed by atoms with Crippen LogP contribution in [0.5, 0.6) is 23.0 Å². The molecule has 0 bridgehead atoms. The van der Waals surface area contributed by atoms with Crippen LogP contribution in [0.25, 0.3) is 43.8 Å². The van der Waals surface area contributed by atoms with Crippen LogP contribution in [0, 0.1) is 0 Å². The van der Waals surface area contributed by atoms with Gasteiger partial charge >= 0.3 is 0 Å². The number of benzene rings is 7. The number of rotatable bonds is 4. The first-order valence-corrected chi connectivity index (χ1v) is 14.7. The number of furan rings is 1. The van der Waals surface area contributed by atoms with Crippen molar-refractivity contribution in [3.8, 4) is 34.1 Å². The molecule has 8 aromatic rings. The first-order chi connectivity index (χ1) is 21.8. The van der Waals surface area contributed by atoms with Gasteiger partial charge in [-0.1, -0.05) is 103 Å². The summed E-state index contributed by atoms with van der Waals surface area (Å²) in [4.78, 5) is 2.25. The van der Waals surface area contributed by atoms with Crippen LogP contribution in [0.2, 0.25) is 0 Å². The van der Waals surface area contributed by atoms with Gasteiger partial charge < -0.3 is 18.8 Å². The molecule has 0 saturated carbocycles. The van der Waals surface area contributed by atoms with Crippen molar-refractivity contribution >= 4 is 49.8 Å². The summed E-state index contributed by atoms with van der Waals surface area (Å²) in [6.07, 6.45) is 0. The minimum Gasteiger partial charge on any atom is -0.456 e. The number of hydrogen-bond acceptors (Lipinski definition) is 4. The summed E-state index contributed by atoms with van der Waals surface area (Å²) >= 11 is 0. The average Bonchev–Trinajstić information content (AvgIpc) is 3.46. The van der Waals surface area contributed by atoms with E-state index in [2.05, 4.69) is 102 Å². The number of para-hydroxylation sites is 4. The molecule has 0 saturated heterocycles. The molecular weight excluding hydrogens is 542 g/mol. The highest BCUT2D eigenvalue weighted by Gasteiger charge is 2.32. The number of nitrogens with zero attached hydrogens (tertiary/aromatic N) is 1. The third kappa shape index (κ3) is 3.78. The molecule has 0 unspecified atom stereocenters. The second kappa shape index (κ2) is 9.79. The number of anilines is 3. The Bertz CT molecular complexity index is 2340. The van der Waals surface area contributed by atoms with Crippen LogP contribution >= 0.6 is 0 Å². The molecule has 208 valence electrons. The van der Waals surface area contributed by atoms with Crippen molar-refractivity contribution in [2.75, 3.05) is 4.90 Å². The normalized spacial score (nSPS) is 12.0. The topological polar surface area (TPSA) is 34.8 Å². The Morgan fingerprint density at radius 2 is 1.00 bits per heavy atom. The molecule has 0 amide bonds. The van der Waals surface area contributed by atoms with Gasteiger partial charge in [0, 0.05) is 33.5 Å². The molecule has 9 rings (SSSR count). The smallest absolute Gasteiger partial charge is 0.195 e. The van der Waals surface area contributed by atoms with Gasteiger partial charge in [-0.3, -0.25) is 0 Å². The van der Waals surface area contributed by atoms with E-state index in [-0.39, 0.29) is 0 Å². The van der Waals surface area contributed by atoms with Crippen molar-refractivity contribution in [2.24, 2.45) is 0 Å². The zero-order valence-electron chi connectivity index (χ0n) is 23.6. The second-order valence-corrected chi connectivity index (χ2v) is 10.9. The highest BCUT2D eigenvalue weighted by atomic mass is 16.6. The molecule has 7 aromatic carbocycles. The van der Waals surface area contributed by atoms with Crippen molar-refractivity contribution in [1.82, 2.24) is 0 Å². The number of hydrogen-bond donors (Lipinski definition) is 0. The van der Waals surface area contributed by atoms with Crippen molar-refractivity contribution < 1.29 is 13.9 Å². The molecule has 0 radical (unpaired) electrons. The Morgan fingerprint density at radius 1 is 0.409 bits per heavy atom. The van der Waals surface area contributed by atoms with Gasteiger partial charge in [0.2, 0.25) is 0 Å². The monoisotopic (exact) mass is 567 g/mol. The van der Waals surface area contributed by atoms with Crippen molar-refractivity contribution in [1.29, 1.82) is 0 Å². The predicted octanol–water partition coefficient (Wildman–Crippen LogP) is 11.8. The zero-order chi connectivity index (χ0) is 29.0. The van der Waals surface area contributed by atoms with Crippen LogP contribution in [0.4, 0.5) is 17.1 Å². The lowest BCUT2D eigenvalue weighted by molar-refractivity contribution is 0.362. The maximum atomic E-state index is 6.85. The Kier molecular flexibility index (Phi) is 5.47. The summed E-state index contributed by atoms with van der Waals surface area (Å²) < 4.78 is 20.0. The average molecular weight is 568 g/mol. The van der Waals surface area contributed by atoms with Gasteiger partial charge in [0.15, 0.2) is 23.0 Å². The largest absolute Gasteiger partial charge is 0.456 e. The molecule has 4 heteroatoms. The van der Waals surface area contributed by atoms with E-state index < -0.39 is 0 Å². The quantitative estimate of drug-likeness (QED) is 0.212. The van der Waals surface area contributed by atoms with Crippen LogP contribution in [0.15, 0.2) is 156 Å². The first kappa shape index (κ1) is 24.6. The van der Waals surface area contributed by atoms with E-state index in [1.54, 1.807) is 0 Å². The predicted molar refractivity (Wildman–Crippen MR) is 178 cm³/mol. The van der Waals surface area contributed by atoms with E-state index in [1.165, 1.54) is 0 Å². The Labute approximate surface area is 253 Å². The number of fused-ring (bicyclic) bond motifs is 6. The van der Waals surface area contributed by atoms with Gasteiger partial charge in [0.25, 0.3) is 0 Å². The highest BCUT2D eigenvalue weighted by molar-refractivity contribution is 6.13. The van der Waals surface area contributed by atoms with Crippen molar-refractivity contribution in [3.05, 3.63) is 152 Å². The fourth-order valence-corrected chi connectivity index (χ4v) is 6.36. The molecular formula is C40H25NO3. The summed E-state index contributed by atoms with van der Waals surface area (Å²) in [5, 5.41) is 4.30. The Hall–Kier alpha value is -6.00. The molecule has 0 N–H and O–H groups in total. The van der Waals surface area contributed by atoms with Gasteiger partial charge in [0.05, 0.1) is 5.69 Å². The molecule has 1 aromatic heterocycles. The molecule has 1 aliphatic heterocycles.